The standard InChI is InChI=1S/C3H6.10C2H6/c1-2-3-1;10*1-2/h1-3H2;10*1-2H3. The molecule has 0 aromatic heterocycles. The van der Waals surface area contributed by atoms with E-state index in [0.717, 1.165) is 0 Å². The van der Waals surface area contributed by atoms with Crippen LogP contribution in [-0.2, 0) is 0 Å². The van der Waals surface area contributed by atoms with Gasteiger partial charge in [-0.05, 0) is 0 Å². The molecule has 0 N–H and O–H groups in total. The van der Waals surface area contributed by atoms with E-state index in [-0.39, 0.29) is 0 Å². The molecule has 1 aliphatic carbocycles. The minimum Gasteiger partial charge on any atom is -0.0683 e. The van der Waals surface area contributed by atoms with E-state index in [2.05, 4.69) is 0 Å². The maximum Gasteiger partial charge on any atom is -0.0533 e. The number of hydrogen-bond acceptors (Lipinski definition) is 0. The van der Waals surface area contributed by atoms with Gasteiger partial charge >= 0.3 is 0 Å². The Morgan fingerprint density at radius 2 is 0.217 bits per heavy atom. The summed E-state index contributed by atoms with van der Waals surface area (Å²) in [5.41, 5.74) is 0. The van der Waals surface area contributed by atoms with Crippen molar-refractivity contribution in [2.75, 3.05) is 0 Å². The van der Waals surface area contributed by atoms with Crippen molar-refractivity contribution in [2.45, 2.75) is 158 Å². The van der Waals surface area contributed by atoms with Gasteiger partial charge in [0, 0.05) is 0 Å². The molecule has 0 saturated heterocycles. The lowest BCUT2D eigenvalue weighted by Crippen LogP contribution is -0.856. The van der Waals surface area contributed by atoms with Gasteiger partial charge in [0.25, 0.3) is 0 Å². The molecule has 0 spiro atoms. The Morgan fingerprint density at radius 3 is 0.217 bits per heavy atom. The minimum atomic E-state index is 1.50. The average Bonchev–Trinajstić information content (AvgIpc) is 3.66. The highest BCUT2D eigenvalue weighted by molar-refractivity contribution is 4.50. The van der Waals surface area contributed by atoms with Crippen molar-refractivity contribution in [3.8, 4) is 0 Å². The zero-order valence-corrected chi connectivity index (χ0v) is 22.1. The molecule has 1 saturated carbocycles. The van der Waals surface area contributed by atoms with Crippen LogP contribution in [0.25, 0.3) is 0 Å². The summed E-state index contributed by atoms with van der Waals surface area (Å²) in [6.45, 7) is 40.0. The van der Waals surface area contributed by atoms with E-state index in [4.69, 9.17) is 0 Å². The molecule has 0 radical (unpaired) electrons. The van der Waals surface area contributed by atoms with E-state index in [1.54, 1.807) is 0 Å². The van der Waals surface area contributed by atoms with Crippen molar-refractivity contribution < 1.29 is 0 Å². The molecule has 1 rings (SSSR count). The third kappa shape index (κ3) is 8800. The molecule has 0 heteroatoms. The zero-order chi connectivity index (χ0) is 22.1. The summed E-state index contributed by atoms with van der Waals surface area (Å²) in [6.07, 6.45) is 4.50. The molecule has 158 valence electrons. The van der Waals surface area contributed by atoms with Gasteiger partial charge in [0.1, 0.15) is 0 Å². The molecular formula is C23H66. The lowest BCUT2D eigenvalue weighted by molar-refractivity contribution is 1.50. The molecule has 0 amide bonds. The third-order valence-electron chi connectivity index (χ3n) is 0.354. The second kappa shape index (κ2) is 1080. The van der Waals surface area contributed by atoms with Gasteiger partial charge in [-0.3, -0.25) is 0 Å². The lowest BCUT2D eigenvalue weighted by Gasteiger charge is -1.07. The van der Waals surface area contributed by atoms with Crippen molar-refractivity contribution in [3.63, 3.8) is 0 Å². The van der Waals surface area contributed by atoms with Gasteiger partial charge in [-0.1, -0.05) is 158 Å². The predicted octanol–water partition coefficient (Wildman–Crippen LogP) is 11.4. The van der Waals surface area contributed by atoms with E-state index in [9.17, 15) is 0 Å². The highest BCUT2D eigenvalue weighted by Gasteiger charge is 1.95. The topological polar surface area (TPSA) is 0 Å². The predicted molar refractivity (Wildman–Crippen MR) is 127 cm³/mol. The van der Waals surface area contributed by atoms with E-state index in [0.29, 0.717) is 0 Å². The van der Waals surface area contributed by atoms with Crippen molar-refractivity contribution >= 4 is 0 Å². The summed E-state index contributed by atoms with van der Waals surface area (Å²) in [4.78, 5) is 0. The molecule has 0 aromatic carbocycles. The highest BCUT2D eigenvalue weighted by Crippen LogP contribution is 2.14. The second-order valence-corrected chi connectivity index (χ2v) is 1.06. The Labute approximate surface area is 158 Å². The van der Waals surface area contributed by atoms with E-state index < -0.39 is 0 Å². The molecule has 0 aromatic rings. The van der Waals surface area contributed by atoms with Gasteiger partial charge < -0.3 is 0 Å². The second-order valence-electron chi connectivity index (χ2n) is 1.06. The maximum atomic E-state index is 2.00. The van der Waals surface area contributed by atoms with Crippen LogP contribution in [0.4, 0.5) is 0 Å². The van der Waals surface area contributed by atoms with Crippen LogP contribution in [0.15, 0.2) is 0 Å². The van der Waals surface area contributed by atoms with Gasteiger partial charge in [-0.25, -0.2) is 0 Å². The summed E-state index contributed by atoms with van der Waals surface area (Å²) in [5.74, 6) is 0. The molecule has 0 heterocycles. The molecule has 0 bridgehead atoms. The summed E-state index contributed by atoms with van der Waals surface area (Å²) in [7, 11) is 0. The van der Waals surface area contributed by atoms with Gasteiger partial charge in [-0.15, -0.1) is 0 Å². The van der Waals surface area contributed by atoms with E-state index >= 15 is 0 Å². The van der Waals surface area contributed by atoms with Gasteiger partial charge in [0.2, 0.25) is 0 Å². The fraction of sp³-hybridized carbons (Fsp3) is 1.00. The highest BCUT2D eigenvalue weighted by atomic mass is 14.0. The quantitative estimate of drug-likeness (QED) is 0.410. The van der Waals surface area contributed by atoms with E-state index in [1.807, 2.05) is 138 Å². The normalized spacial score (nSPS) is 5.74. The van der Waals surface area contributed by atoms with Crippen LogP contribution in [0.5, 0.6) is 0 Å². The Kier molecular flexibility index (Phi) is 3090. The molecule has 1 aliphatic rings. The molecular weight excluding hydrogens is 276 g/mol. The fourth-order valence-corrected chi connectivity index (χ4v) is 0. The van der Waals surface area contributed by atoms with Crippen LogP contribution < -0.4 is 0 Å². The maximum absolute atomic E-state index is 2.00. The van der Waals surface area contributed by atoms with Crippen LogP contribution in [-0.4, -0.2) is 0 Å². The Morgan fingerprint density at radius 1 is 0.174 bits per heavy atom. The van der Waals surface area contributed by atoms with Crippen LogP contribution in [0.1, 0.15) is 158 Å². The first-order chi connectivity index (χ1) is 11.5. The molecule has 0 aliphatic heterocycles. The first-order valence-electron chi connectivity index (χ1n) is 11.5. The minimum absolute atomic E-state index is 1.50. The SMILES string of the molecule is C1CC1.CC.CC.CC.CC.CC.CC.CC.CC.CC.CC. The van der Waals surface area contributed by atoms with Gasteiger partial charge in [0.15, 0.2) is 0 Å². The van der Waals surface area contributed by atoms with Crippen LogP contribution >= 0.6 is 0 Å². The molecule has 23 heavy (non-hydrogen) atoms. The van der Waals surface area contributed by atoms with Crippen LogP contribution in [0.3, 0.4) is 0 Å². The smallest absolute Gasteiger partial charge is 0.0533 e. The van der Waals surface area contributed by atoms with Crippen molar-refractivity contribution in [3.05, 3.63) is 0 Å². The lowest BCUT2D eigenvalue weighted by atomic mass is 11.0. The first-order valence-corrected chi connectivity index (χ1v) is 11.5. The van der Waals surface area contributed by atoms with Gasteiger partial charge in [0.05, 0.1) is 0 Å². The zero-order valence-electron chi connectivity index (χ0n) is 22.1. The largest absolute Gasteiger partial charge is 0.0683 e. The van der Waals surface area contributed by atoms with Crippen LogP contribution in [0, 0.1) is 0 Å². The fourth-order valence-electron chi connectivity index (χ4n) is 0. The molecule has 0 unspecified atom stereocenters. The van der Waals surface area contributed by atoms with Gasteiger partial charge in [-0.2, -0.15) is 0 Å². The van der Waals surface area contributed by atoms with Crippen molar-refractivity contribution in [2.24, 2.45) is 0 Å². The Bertz CT molecular complexity index is 4.75. The summed E-state index contributed by atoms with van der Waals surface area (Å²) >= 11 is 0. The summed E-state index contributed by atoms with van der Waals surface area (Å²) < 4.78 is 0. The molecule has 0 atom stereocenters. The van der Waals surface area contributed by atoms with Crippen molar-refractivity contribution in [1.82, 2.24) is 0 Å². The monoisotopic (exact) mass is 343 g/mol. The molecule has 0 nitrogen and oxygen atoms in total. The number of hydrogen-bond donors (Lipinski definition) is 0. The third-order valence-corrected chi connectivity index (χ3v) is 0.354. The number of rotatable bonds is 0. The Balaban J connectivity index is -0.0000000102. The van der Waals surface area contributed by atoms with Crippen LogP contribution in [0.2, 0.25) is 0 Å². The first kappa shape index (κ1) is 65.9. The summed E-state index contributed by atoms with van der Waals surface area (Å²) in [6, 6.07) is 0. The summed E-state index contributed by atoms with van der Waals surface area (Å²) in [5, 5.41) is 0. The Hall–Kier alpha value is 0. The van der Waals surface area contributed by atoms with E-state index in [1.165, 1.54) is 19.3 Å². The average molecular weight is 343 g/mol. The van der Waals surface area contributed by atoms with Crippen molar-refractivity contribution in [1.29, 1.82) is 0 Å². The molecule has 1 fully saturated rings.